The molecule has 1 saturated heterocycles. The first kappa shape index (κ1) is 17.8. The zero-order valence-corrected chi connectivity index (χ0v) is 14.1. The van der Waals surface area contributed by atoms with Crippen LogP contribution in [0, 0.1) is 5.82 Å². The van der Waals surface area contributed by atoms with Crippen molar-refractivity contribution < 1.29 is 23.8 Å². The molecule has 7 nitrogen and oxygen atoms in total. The number of aliphatic hydroxyl groups is 1. The highest BCUT2D eigenvalue weighted by atomic mass is 19.1. The molecule has 0 radical (unpaired) electrons. The van der Waals surface area contributed by atoms with E-state index >= 15 is 0 Å². The van der Waals surface area contributed by atoms with Gasteiger partial charge in [0, 0.05) is 6.20 Å². The van der Waals surface area contributed by atoms with E-state index in [0.29, 0.717) is 11.4 Å². The van der Waals surface area contributed by atoms with E-state index in [1.54, 1.807) is 25.1 Å². The lowest BCUT2D eigenvalue weighted by molar-refractivity contribution is -0.132. The molecule has 2 aromatic rings. The molecule has 0 aliphatic carbocycles. The normalized spacial score (nSPS) is 20.8. The maximum absolute atomic E-state index is 12.9. The fourth-order valence-electron chi connectivity index (χ4n) is 2.68. The summed E-state index contributed by atoms with van der Waals surface area (Å²) in [6.07, 6.45) is 0.439. The van der Waals surface area contributed by atoms with Crippen LogP contribution in [0.2, 0.25) is 0 Å². The Morgan fingerprint density at radius 2 is 2.00 bits per heavy atom. The SMILES string of the molecule is C[C@@]1(c2ccccn2)NC(=O)N(C[C@@H](O)COc2ccc(F)cc2)C1=O. The molecule has 2 N–H and O–H groups in total. The van der Waals surface area contributed by atoms with Gasteiger partial charge in [-0.1, -0.05) is 6.07 Å². The standard InChI is InChI=1S/C18H18FN3O4/c1-18(15-4-2-3-9-20-15)16(24)22(17(25)21-18)10-13(23)11-26-14-7-5-12(19)6-8-14/h2-9,13,23H,10-11H2,1H3,(H,21,25)/t13-,18+/m1/s1. The Kier molecular flexibility index (Phi) is 4.85. The molecule has 1 aromatic carbocycles. The molecule has 136 valence electrons. The number of rotatable bonds is 6. The van der Waals surface area contributed by atoms with E-state index in [2.05, 4.69) is 10.3 Å². The van der Waals surface area contributed by atoms with E-state index in [1.807, 2.05) is 0 Å². The summed E-state index contributed by atoms with van der Waals surface area (Å²) in [6, 6.07) is 9.79. The summed E-state index contributed by atoms with van der Waals surface area (Å²) in [4.78, 5) is 30.0. The number of carbonyl (C=O) groups is 2. The average molecular weight is 359 g/mol. The monoisotopic (exact) mass is 359 g/mol. The molecule has 2 atom stereocenters. The van der Waals surface area contributed by atoms with E-state index in [4.69, 9.17) is 4.74 Å². The first-order chi connectivity index (χ1) is 12.4. The lowest BCUT2D eigenvalue weighted by Gasteiger charge is -2.22. The molecule has 1 aliphatic rings. The number of urea groups is 1. The fourth-order valence-corrected chi connectivity index (χ4v) is 2.68. The number of β-amino-alcohol motifs (C(OH)–C–C–N with tert-alkyl or cyclic N) is 1. The Hall–Kier alpha value is -3.00. The van der Waals surface area contributed by atoms with Crippen LogP contribution >= 0.6 is 0 Å². The molecule has 2 heterocycles. The molecule has 3 rings (SSSR count). The predicted molar refractivity (Wildman–Crippen MR) is 89.7 cm³/mol. The van der Waals surface area contributed by atoms with Gasteiger partial charge >= 0.3 is 6.03 Å². The van der Waals surface area contributed by atoms with Crippen LogP contribution in [0.15, 0.2) is 48.7 Å². The molecule has 1 aromatic heterocycles. The number of ether oxygens (including phenoxy) is 1. The Morgan fingerprint density at radius 1 is 1.27 bits per heavy atom. The maximum atomic E-state index is 12.9. The van der Waals surface area contributed by atoms with Crippen molar-refractivity contribution in [3.05, 3.63) is 60.2 Å². The number of hydrogen-bond donors (Lipinski definition) is 2. The largest absolute Gasteiger partial charge is 0.491 e. The second-order valence-electron chi connectivity index (χ2n) is 6.10. The molecule has 0 saturated carbocycles. The molecule has 0 spiro atoms. The molecule has 1 aliphatic heterocycles. The third kappa shape index (κ3) is 3.50. The van der Waals surface area contributed by atoms with Crippen LogP contribution in [-0.2, 0) is 10.3 Å². The van der Waals surface area contributed by atoms with Gasteiger partial charge in [0.15, 0.2) is 5.54 Å². The van der Waals surface area contributed by atoms with Gasteiger partial charge in [-0.3, -0.25) is 14.7 Å². The van der Waals surface area contributed by atoms with E-state index in [9.17, 15) is 19.1 Å². The molecule has 3 amide bonds. The highest BCUT2D eigenvalue weighted by Gasteiger charge is 2.50. The minimum absolute atomic E-state index is 0.150. The summed E-state index contributed by atoms with van der Waals surface area (Å²) in [5.74, 6) is -0.519. The van der Waals surface area contributed by atoms with Crippen molar-refractivity contribution in [3.8, 4) is 5.75 Å². The number of halogens is 1. The minimum atomic E-state index is -1.28. The van der Waals surface area contributed by atoms with E-state index in [0.717, 1.165) is 4.90 Å². The van der Waals surface area contributed by atoms with Crippen molar-refractivity contribution in [2.24, 2.45) is 0 Å². The first-order valence-electron chi connectivity index (χ1n) is 8.02. The molecule has 8 heteroatoms. The third-order valence-corrected chi connectivity index (χ3v) is 4.10. The lowest BCUT2D eigenvalue weighted by atomic mass is 9.97. The summed E-state index contributed by atoms with van der Waals surface area (Å²) >= 11 is 0. The summed E-state index contributed by atoms with van der Waals surface area (Å²) in [5.41, 5.74) is -0.867. The second-order valence-corrected chi connectivity index (χ2v) is 6.10. The molecular weight excluding hydrogens is 341 g/mol. The van der Waals surface area contributed by atoms with Gasteiger partial charge < -0.3 is 15.2 Å². The topological polar surface area (TPSA) is 91.8 Å². The molecule has 1 fully saturated rings. The van der Waals surface area contributed by atoms with Crippen LogP contribution in [-0.4, -0.2) is 46.2 Å². The molecule has 0 unspecified atom stereocenters. The van der Waals surface area contributed by atoms with Crippen LogP contribution < -0.4 is 10.1 Å². The van der Waals surface area contributed by atoms with Crippen molar-refractivity contribution in [1.82, 2.24) is 15.2 Å². The number of benzene rings is 1. The van der Waals surface area contributed by atoms with Gasteiger partial charge in [-0.15, -0.1) is 0 Å². The highest BCUT2D eigenvalue weighted by Crippen LogP contribution is 2.27. The number of aromatic nitrogens is 1. The summed E-state index contributed by atoms with van der Waals surface area (Å²) < 4.78 is 18.2. The maximum Gasteiger partial charge on any atom is 0.325 e. The summed E-state index contributed by atoms with van der Waals surface area (Å²) in [6.45, 7) is 1.19. The molecular formula is C18H18FN3O4. The third-order valence-electron chi connectivity index (χ3n) is 4.10. The Labute approximate surface area is 149 Å². The van der Waals surface area contributed by atoms with E-state index in [-0.39, 0.29) is 13.2 Å². The summed E-state index contributed by atoms with van der Waals surface area (Å²) in [7, 11) is 0. The van der Waals surface area contributed by atoms with Crippen LogP contribution in [0.4, 0.5) is 9.18 Å². The number of aliphatic hydroxyl groups excluding tert-OH is 1. The quantitative estimate of drug-likeness (QED) is 0.762. The van der Waals surface area contributed by atoms with E-state index in [1.165, 1.54) is 30.5 Å². The number of nitrogens with one attached hydrogen (secondary N) is 1. The van der Waals surface area contributed by atoms with Gasteiger partial charge in [-0.2, -0.15) is 0 Å². The van der Waals surface area contributed by atoms with Gasteiger partial charge in [0.2, 0.25) is 0 Å². The average Bonchev–Trinajstić information content (AvgIpc) is 2.86. The number of nitrogens with zero attached hydrogens (tertiary/aromatic N) is 2. The predicted octanol–water partition coefficient (Wildman–Crippen LogP) is 1.43. The Morgan fingerprint density at radius 3 is 2.65 bits per heavy atom. The number of pyridine rings is 1. The van der Waals surface area contributed by atoms with Crippen molar-refractivity contribution >= 4 is 11.9 Å². The smallest absolute Gasteiger partial charge is 0.325 e. The van der Waals surface area contributed by atoms with E-state index < -0.39 is 29.4 Å². The van der Waals surface area contributed by atoms with Crippen molar-refractivity contribution in [2.75, 3.05) is 13.2 Å². The summed E-state index contributed by atoms with van der Waals surface area (Å²) in [5, 5.41) is 12.7. The fraction of sp³-hybridized carbons (Fsp3) is 0.278. The van der Waals surface area contributed by atoms with Crippen LogP contribution in [0.25, 0.3) is 0 Å². The number of hydrogen-bond acceptors (Lipinski definition) is 5. The Balaban J connectivity index is 1.63. The minimum Gasteiger partial charge on any atom is -0.491 e. The number of amides is 3. The zero-order chi connectivity index (χ0) is 18.7. The number of imide groups is 1. The van der Waals surface area contributed by atoms with Crippen LogP contribution in [0.5, 0.6) is 5.75 Å². The van der Waals surface area contributed by atoms with Gasteiger partial charge in [-0.05, 0) is 43.3 Å². The molecule has 26 heavy (non-hydrogen) atoms. The molecule has 0 bridgehead atoms. The zero-order valence-electron chi connectivity index (χ0n) is 14.1. The van der Waals surface area contributed by atoms with Crippen LogP contribution in [0.1, 0.15) is 12.6 Å². The van der Waals surface area contributed by atoms with Crippen molar-refractivity contribution in [3.63, 3.8) is 0 Å². The first-order valence-corrected chi connectivity index (χ1v) is 8.02. The van der Waals surface area contributed by atoms with Gasteiger partial charge in [0.05, 0.1) is 12.2 Å². The lowest BCUT2D eigenvalue weighted by Crippen LogP contribution is -2.43. The number of carbonyl (C=O) groups excluding carboxylic acids is 2. The van der Waals surface area contributed by atoms with Crippen molar-refractivity contribution in [2.45, 2.75) is 18.6 Å². The van der Waals surface area contributed by atoms with Gasteiger partial charge in [0.1, 0.15) is 24.3 Å². The Bertz CT molecular complexity index is 800. The van der Waals surface area contributed by atoms with Crippen molar-refractivity contribution in [1.29, 1.82) is 0 Å². The van der Waals surface area contributed by atoms with Crippen LogP contribution in [0.3, 0.4) is 0 Å². The van der Waals surface area contributed by atoms with Gasteiger partial charge in [-0.25, -0.2) is 9.18 Å². The van der Waals surface area contributed by atoms with Gasteiger partial charge in [0.25, 0.3) is 5.91 Å². The second kappa shape index (κ2) is 7.09. The highest BCUT2D eigenvalue weighted by molar-refractivity contribution is 6.07.